The fourth-order valence-corrected chi connectivity index (χ4v) is 2.92. The van der Waals surface area contributed by atoms with Crippen molar-refractivity contribution in [2.45, 2.75) is 37.8 Å². The molecule has 0 unspecified atom stereocenters. The van der Waals surface area contributed by atoms with E-state index in [1.165, 1.54) is 6.07 Å². The number of nitrogens with one attached hydrogen (secondary N) is 1. The summed E-state index contributed by atoms with van der Waals surface area (Å²) in [5.74, 6) is 0. The molecule has 1 heterocycles. The molecular formula is C15H18N4O2. The van der Waals surface area contributed by atoms with Crippen LogP contribution in [-0.2, 0) is 0 Å². The maximum Gasteiger partial charge on any atom is 0.295 e. The molecule has 6 heteroatoms. The largest absolute Gasteiger partial charge is 0.382 e. The van der Waals surface area contributed by atoms with E-state index >= 15 is 0 Å². The minimum Gasteiger partial charge on any atom is -0.382 e. The smallest absolute Gasteiger partial charge is 0.295 e. The van der Waals surface area contributed by atoms with E-state index in [9.17, 15) is 10.1 Å². The summed E-state index contributed by atoms with van der Waals surface area (Å²) in [7, 11) is 0. The molecule has 0 bridgehead atoms. The molecule has 0 radical (unpaired) electrons. The van der Waals surface area contributed by atoms with Gasteiger partial charge in [-0.3, -0.25) is 10.1 Å². The van der Waals surface area contributed by atoms with Crippen molar-refractivity contribution in [1.29, 1.82) is 0 Å². The minimum atomic E-state index is -0.390. The quantitative estimate of drug-likeness (QED) is 0.668. The number of hydrogen-bond acceptors (Lipinski definition) is 5. The van der Waals surface area contributed by atoms with E-state index in [4.69, 9.17) is 5.73 Å². The van der Waals surface area contributed by atoms with E-state index in [2.05, 4.69) is 10.3 Å². The molecule has 1 fully saturated rings. The zero-order valence-corrected chi connectivity index (χ0v) is 11.7. The predicted octanol–water partition coefficient (Wildman–Crippen LogP) is 2.82. The number of pyridine rings is 1. The van der Waals surface area contributed by atoms with Crippen LogP contribution < -0.4 is 11.1 Å². The number of aromatic nitrogens is 1. The van der Waals surface area contributed by atoms with Crippen LogP contribution in [-0.4, -0.2) is 22.0 Å². The molecule has 3 N–H and O–H groups in total. The monoisotopic (exact) mass is 286 g/mol. The highest BCUT2D eigenvalue weighted by atomic mass is 16.6. The second kappa shape index (κ2) is 5.65. The molecule has 6 nitrogen and oxygen atoms in total. The molecule has 2 aromatic rings. The summed E-state index contributed by atoms with van der Waals surface area (Å²) < 4.78 is 0. The average molecular weight is 286 g/mol. The number of nitrogens with zero attached hydrogens (tertiary/aromatic N) is 2. The van der Waals surface area contributed by atoms with Gasteiger partial charge in [-0.25, -0.2) is 4.98 Å². The van der Waals surface area contributed by atoms with Crippen LogP contribution in [0.1, 0.15) is 25.7 Å². The van der Waals surface area contributed by atoms with Crippen molar-refractivity contribution in [3.05, 3.63) is 40.6 Å². The van der Waals surface area contributed by atoms with Crippen molar-refractivity contribution in [3.8, 4) is 0 Å². The van der Waals surface area contributed by atoms with Crippen LogP contribution in [0, 0.1) is 10.1 Å². The van der Waals surface area contributed by atoms with E-state index in [-0.39, 0.29) is 5.69 Å². The normalized spacial score (nSPS) is 22.1. The number of para-hydroxylation sites is 1. The molecule has 0 aliphatic heterocycles. The molecule has 0 spiro atoms. The van der Waals surface area contributed by atoms with Crippen molar-refractivity contribution in [2.24, 2.45) is 5.73 Å². The van der Waals surface area contributed by atoms with Gasteiger partial charge in [0.05, 0.1) is 4.92 Å². The van der Waals surface area contributed by atoms with Crippen molar-refractivity contribution >= 4 is 22.3 Å². The highest BCUT2D eigenvalue weighted by Gasteiger charge is 2.20. The zero-order chi connectivity index (χ0) is 14.8. The van der Waals surface area contributed by atoms with Gasteiger partial charge in [0, 0.05) is 35.4 Å². The molecule has 0 atom stereocenters. The van der Waals surface area contributed by atoms with Crippen LogP contribution in [0.3, 0.4) is 0 Å². The number of fused-ring (bicyclic) bond motifs is 1. The summed E-state index contributed by atoms with van der Waals surface area (Å²) in [5, 5.41) is 15.4. The van der Waals surface area contributed by atoms with Gasteiger partial charge in [0.2, 0.25) is 0 Å². The van der Waals surface area contributed by atoms with E-state index in [0.717, 1.165) is 36.8 Å². The molecule has 1 aromatic heterocycles. The summed E-state index contributed by atoms with van der Waals surface area (Å²) in [4.78, 5) is 14.9. The Bertz CT molecular complexity index is 666. The first-order chi connectivity index (χ1) is 10.1. The van der Waals surface area contributed by atoms with Gasteiger partial charge in [-0.15, -0.1) is 0 Å². The second-order valence-electron chi connectivity index (χ2n) is 5.54. The van der Waals surface area contributed by atoms with Gasteiger partial charge < -0.3 is 11.1 Å². The van der Waals surface area contributed by atoms with Crippen LogP contribution in [0.2, 0.25) is 0 Å². The van der Waals surface area contributed by atoms with Gasteiger partial charge in [-0.1, -0.05) is 12.1 Å². The Morgan fingerprint density at radius 2 is 2.00 bits per heavy atom. The highest BCUT2D eigenvalue weighted by molar-refractivity contribution is 5.96. The molecule has 3 rings (SSSR count). The Morgan fingerprint density at radius 1 is 1.24 bits per heavy atom. The Kier molecular flexibility index (Phi) is 3.70. The van der Waals surface area contributed by atoms with Crippen LogP contribution in [0.5, 0.6) is 0 Å². The predicted molar refractivity (Wildman–Crippen MR) is 82.3 cm³/mol. The summed E-state index contributed by atoms with van der Waals surface area (Å²) >= 11 is 0. The van der Waals surface area contributed by atoms with Crippen molar-refractivity contribution in [3.63, 3.8) is 0 Å². The minimum absolute atomic E-state index is 0.0433. The summed E-state index contributed by atoms with van der Waals surface area (Å²) in [6.07, 6.45) is 5.70. The van der Waals surface area contributed by atoms with Crippen LogP contribution in [0.4, 0.5) is 11.4 Å². The first-order valence-corrected chi connectivity index (χ1v) is 7.19. The third-order valence-electron chi connectivity index (χ3n) is 4.08. The SMILES string of the molecule is NC1CCC(Nc2ccnc3c([N+](=O)[O-])cccc23)CC1. The number of non-ortho nitro benzene ring substituents is 1. The first kappa shape index (κ1) is 13.8. The van der Waals surface area contributed by atoms with Gasteiger partial charge in [0.1, 0.15) is 5.52 Å². The Labute approximate surface area is 122 Å². The van der Waals surface area contributed by atoms with Crippen molar-refractivity contribution in [1.82, 2.24) is 4.98 Å². The lowest BCUT2D eigenvalue weighted by Crippen LogP contribution is -2.32. The highest BCUT2D eigenvalue weighted by Crippen LogP contribution is 2.30. The zero-order valence-electron chi connectivity index (χ0n) is 11.7. The number of nitrogens with two attached hydrogens (primary N) is 1. The number of nitro benzene ring substituents is 1. The maximum absolute atomic E-state index is 11.1. The molecule has 21 heavy (non-hydrogen) atoms. The third-order valence-corrected chi connectivity index (χ3v) is 4.08. The molecule has 0 amide bonds. The Hall–Kier alpha value is -2.21. The number of nitro groups is 1. The number of rotatable bonds is 3. The summed E-state index contributed by atoms with van der Waals surface area (Å²) in [6, 6.07) is 7.60. The Balaban J connectivity index is 1.92. The van der Waals surface area contributed by atoms with E-state index in [0.29, 0.717) is 17.6 Å². The first-order valence-electron chi connectivity index (χ1n) is 7.19. The standard InChI is InChI=1S/C15H18N4O2/c16-10-4-6-11(7-5-10)18-13-8-9-17-15-12(13)2-1-3-14(15)19(20)21/h1-3,8-11H,4-7,16H2,(H,17,18). The van der Waals surface area contributed by atoms with E-state index < -0.39 is 4.92 Å². The van der Waals surface area contributed by atoms with Gasteiger partial charge in [0.25, 0.3) is 5.69 Å². The lowest BCUT2D eigenvalue weighted by Gasteiger charge is -2.28. The molecule has 1 aliphatic rings. The van der Waals surface area contributed by atoms with E-state index in [1.807, 2.05) is 12.1 Å². The lowest BCUT2D eigenvalue weighted by molar-refractivity contribution is -0.383. The number of anilines is 1. The molecule has 0 saturated heterocycles. The van der Waals surface area contributed by atoms with Gasteiger partial charge >= 0.3 is 0 Å². The third kappa shape index (κ3) is 2.80. The molecule has 1 aliphatic carbocycles. The molecule has 110 valence electrons. The van der Waals surface area contributed by atoms with Crippen LogP contribution >= 0.6 is 0 Å². The van der Waals surface area contributed by atoms with Crippen LogP contribution in [0.25, 0.3) is 10.9 Å². The summed E-state index contributed by atoms with van der Waals surface area (Å²) in [6.45, 7) is 0. The number of hydrogen-bond donors (Lipinski definition) is 2. The fourth-order valence-electron chi connectivity index (χ4n) is 2.92. The lowest BCUT2D eigenvalue weighted by atomic mass is 9.91. The van der Waals surface area contributed by atoms with Gasteiger partial charge in [0.15, 0.2) is 0 Å². The topological polar surface area (TPSA) is 94.1 Å². The molecular weight excluding hydrogens is 268 g/mol. The average Bonchev–Trinajstić information content (AvgIpc) is 2.49. The second-order valence-corrected chi connectivity index (χ2v) is 5.54. The van der Waals surface area contributed by atoms with Crippen molar-refractivity contribution < 1.29 is 4.92 Å². The molecule has 1 saturated carbocycles. The summed E-state index contributed by atoms with van der Waals surface area (Å²) in [5.41, 5.74) is 7.30. The number of benzene rings is 1. The molecule has 1 aromatic carbocycles. The van der Waals surface area contributed by atoms with Crippen LogP contribution in [0.15, 0.2) is 30.5 Å². The van der Waals surface area contributed by atoms with Crippen molar-refractivity contribution in [2.75, 3.05) is 5.32 Å². The van der Waals surface area contributed by atoms with Gasteiger partial charge in [-0.2, -0.15) is 0 Å². The fraction of sp³-hybridized carbons (Fsp3) is 0.400. The van der Waals surface area contributed by atoms with E-state index in [1.54, 1.807) is 12.3 Å². The van der Waals surface area contributed by atoms with Gasteiger partial charge in [-0.05, 0) is 31.7 Å². The maximum atomic E-state index is 11.1. The Morgan fingerprint density at radius 3 is 2.71 bits per heavy atom.